The Morgan fingerprint density at radius 1 is 1.00 bits per heavy atom. The third kappa shape index (κ3) is 2.33. The van der Waals surface area contributed by atoms with Gasteiger partial charge in [0.15, 0.2) is 0 Å². The van der Waals surface area contributed by atoms with Crippen LogP contribution in [0, 0.1) is 0 Å². The summed E-state index contributed by atoms with van der Waals surface area (Å²) in [7, 11) is 0. The van der Waals surface area contributed by atoms with E-state index in [9.17, 15) is 10.2 Å². The van der Waals surface area contributed by atoms with Crippen LogP contribution in [0.4, 0.5) is 0 Å². The number of rotatable bonds is 1. The number of likely N-dealkylation sites (tertiary alicyclic amines) is 1. The third-order valence-electron chi connectivity index (χ3n) is 3.79. The summed E-state index contributed by atoms with van der Waals surface area (Å²) in [6.45, 7) is 1.98. The quantitative estimate of drug-likeness (QED) is 0.560. The molecule has 1 saturated heterocycles. The molecule has 2 fully saturated rings. The highest BCUT2D eigenvalue weighted by atomic mass is 16.3. The van der Waals surface area contributed by atoms with E-state index in [2.05, 4.69) is 4.90 Å². The van der Waals surface area contributed by atoms with Gasteiger partial charge in [-0.3, -0.25) is 4.90 Å². The molecule has 2 aliphatic rings. The van der Waals surface area contributed by atoms with Crippen LogP contribution in [0.2, 0.25) is 0 Å². The van der Waals surface area contributed by atoms with Gasteiger partial charge in [0.05, 0.1) is 18.2 Å². The van der Waals surface area contributed by atoms with Crippen LogP contribution in [0.1, 0.15) is 32.1 Å². The maximum Gasteiger partial charge on any atom is 0.0871 e. The summed E-state index contributed by atoms with van der Waals surface area (Å²) >= 11 is 0. The molecule has 0 aromatic rings. The van der Waals surface area contributed by atoms with Crippen LogP contribution < -0.4 is 5.73 Å². The van der Waals surface area contributed by atoms with Crippen molar-refractivity contribution in [1.29, 1.82) is 0 Å². The number of nitrogens with zero attached hydrogens (tertiary/aromatic N) is 1. The van der Waals surface area contributed by atoms with E-state index in [-0.39, 0.29) is 12.1 Å². The van der Waals surface area contributed by atoms with Crippen LogP contribution in [0.5, 0.6) is 0 Å². The fraction of sp³-hybridized carbons (Fsp3) is 1.00. The van der Waals surface area contributed by atoms with Crippen molar-refractivity contribution in [3.63, 3.8) is 0 Å². The Balaban J connectivity index is 2.02. The molecule has 1 aliphatic carbocycles. The summed E-state index contributed by atoms with van der Waals surface area (Å²) in [5, 5.41) is 20.0. The summed E-state index contributed by atoms with van der Waals surface area (Å²) in [5.41, 5.74) is 5.85. The van der Waals surface area contributed by atoms with Crippen LogP contribution in [-0.2, 0) is 0 Å². The first-order chi connectivity index (χ1) is 7.20. The largest absolute Gasteiger partial charge is 0.391 e. The van der Waals surface area contributed by atoms with Crippen LogP contribution in [-0.4, -0.2) is 52.5 Å². The maximum absolute atomic E-state index is 10.0. The highest BCUT2D eigenvalue weighted by Gasteiger charge is 2.39. The minimum atomic E-state index is -0.563. The molecule has 1 heterocycles. The Morgan fingerprint density at radius 3 is 2.33 bits per heavy atom. The molecule has 0 aromatic carbocycles. The van der Waals surface area contributed by atoms with Gasteiger partial charge in [-0.2, -0.15) is 0 Å². The van der Waals surface area contributed by atoms with E-state index in [0.717, 1.165) is 25.9 Å². The summed E-state index contributed by atoms with van der Waals surface area (Å²) in [4.78, 5) is 2.22. The Morgan fingerprint density at radius 2 is 1.67 bits per heavy atom. The molecule has 1 saturated carbocycles. The van der Waals surface area contributed by atoms with Crippen LogP contribution in [0.15, 0.2) is 0 Å². The minimum absolute atomic E-state index is 0.131. The van der Waals surface area contributed by atoms with E-state index >= 15 is 0 Å². The van der Waals surface area contributed by atoms with Gasteiger partial charge in [0.25, 0.3) is 0 Å². The summed E-state index contributed by atoms with van der Waals surface area (Å²) < 4.78 is 0. The maximum atomic E-state index is 10.0. The highest BCUT2D eigenvalue weighted by molar-refractivity contribution is 4.96. The zero-order valence-electron chi connectivity index (χ0n) is 9.18. The molecule has 0 radical (unpaired) electrons. The van der Waals surface area contributed by atoms with E-state index < -0.39 is 12.2 Å². The van der Waals surface area contributed by atoms with Gasteiger partial charge >= 0.3 is 0 Å². The lowest BCUT2D eigenvalue weighted by atomic mass is 9.84. The number of nitrogens with two attached hydrogens (primary N) is 1. The smallest absolute Gasteiger partial charge is 0.0871 e. The molecular weight excluding hydrogens is 192 g/mol. The molecule has 4 N–H and O–H groups in total. The second kappa shape index (κ2) is 4.78. The molecular formula is C11H22N2O2. The van der Waals surface area contributed by atoms with Crippen LogP contribution >= 0.6 is 0 Å². The van der Waals surface area contributed by atoms with Crippen molar-refractivity contribution in [3.05, 3.63) is 0 Å². The summed E-state index contributed by atoms with van der Waals surface area (Å²) in [5.74, 6) is 0. The number of piperidine rings is 1. The average Bonchev–Trinajstić information content (AvgIpc) is 2.26. The minimum Gasteiger partial charge on any atom is -0.391 e. The second-order valence-corrected chi connectivity index (χ2v) is 4.89. The Bertz CT molecular complexity index is 207. The van der Waals surface area contributed by atoms with Gasteiger partial charge in [-0.1, -0.05) is 6.42 Å². The molecule has 0 amide bonds. The standard InChI is InChI=1S/C11H22N2O2/c12-8-4-5-9(14)10(11(8)15)13-6-2-1-3-7-13/h8-11,14-15H,1-7,12H2/t8-,9+,10-,11-/m1/s1. The highest BCUT2D eigenvalue weighted by Crippen LogP contribution is 2.25. The van der Waals surface area contributed by atoms with Crippen molar-refractivity contribution in [2.75, 3.05) is 13.1 Å². The van der Waals surface area contributed by atoms with Crippen molar-refractivity contribution < 1.29 is 10.2 Å². The molecule has 2 rings (SSSR count). The van der Waals surface area contributed by atoms with E-state index in [1.807, 2.05) is 0 Å². The van der Waals surface area contributed by atoms with E-state index in [1.54, 1.807) is 0 Å². The first-order valence-corrected chi connectivity index (χ1v) is 6.06. The molecule has 0 aromatic heterocycles. The van der Waals surface area contributed by atoms with Crippen molar-refractivity contribution in [2.24, 2.45) is 5.73 Å². The van der Waals surface area contributed by atoms with Gasteiger partial charge in [0, 0.05) is 6.04 Å². The topological polar surface area (TPSA) is 69.7 Å². The molecule has 0 unspecified atom stereocenters. The van der Waals surface area contributed by atoms with Gasteiger partial charge in [-0.15, -0.1) is 0 Å². The van der Waals surface area contributed by atoms with Crippen LogP contribution in [0.3, 0.4) is 0 Å². The van der Waals surface area contributed by atoms with E-state index in [4.69, 9.17) is 5.73 Å². The third-order valence-corrected chi connectivity index (χ3v) is 3.79. The second-order valence-electron chi connectivity index (χ2n) is 4.89. The molecule has 0 bridgehead atoms. The van der Waals surface area contributed by atoms with Gasteiger partial charge in [-0.05, 0) is 38.8 Å². The number of hydrogen-bond donors (Lipinski definition) is 3. The van der Waals surface area contributed by atoms with Crippen molar-refractivity contribution in [1.82, 2.24) is 4.90 Å². The van der Waals surface area contributed by atoms with Crippen molar-refractivity contribution in [2.45, 2.75) is 56.4 Å². The van der Waals surface area contributed by atoms with E-state index in [1.165, 1.54) is 19.3 Å². The zero-order chi connectivity index (χ0) is 10.8. The van der Waals surface area contributed by atoms with Crippen molar-refractivity contribution in [3.8, 4) is 0 Å². The van der Waals surface area contributed by atoms with Gasteiger partial charge in [0.2, 0.25) is 0 Å². The molecule has 4 heteroatoms. The molecule has 88 valence electrons. The van der Waals surface area contributed by atoms with Gasteiger partial charge in [0.1, 0.15) is 0 Å². The monoisotopic (exact) mass is 214 g/mol. The molecule has 4 atom stereocenters. The van der Waals surface area contributed by atoms with E-state index in [0.29, 0.717) is 0 Å². The molecule has 1 aliphatic heterocycles. The fourth-order valence-electron chi connectivity index (χ4n) is 2.86. The lowest BCUT2D eigenvalue weighted by Gasteiger charge is -2.44. The predicted octanol–water partition coefficient (Wildman–Crippen LogP) is -0.316. The number of aliphatic hydroxyl groups is 2. The lowest BCUT2D eigenvalue weighted by molar-refractivity contribution is -0.0697. The summed E-state index contributed by atoms with van der Waals surface area (Å²) in [6, 6.07) is -0.297. The molecule has 0 spiro atoms. The zero-order valence-corrected chi connectivity index (χ0v) is 9.18. The first kappa shape index (κ1) is 11.3. The average molecular weight is 214 g/mol. The summed E-state index contributed by atoms with van der Waals surface area (Å²) in [6.07, 6.45) is 4.09. The SMILES string of the molecule is N[C@@H]1CC[C@H](O)[C@@H](N2CCCCC2)[C@@H]1O. The normalized spacial score (nSPS) is 44.2. The van der Waals surface area contributed by atoms with Gasteiger partial charge in [-0.25, -0.2) is 0 Å². The van der Waals surface area contributed by atoms with Crippen molar-refractivity contribution >= 4 is 0 Å². The Labute approximate surface area is 91.1 Å². The first-order valence-electron chi connectivity index (χ1n) is 6.06. The number of hydrogen-bond acceptors (Lipinski definition) is 4. The molecule has 4 nitrogen and oxygen atoms in total. The van der Waals surface area contributed by atoms with Gasteiger partial charge < -0.3 is 15.9 Å². The van der Waals surface area contributed by atoms with Crippen LogP contribution in [0.25, 0.3) is 0 Å². The Hall–Kier alpha value is -0.160. The fourth-order valence-corrected chi connectivity index (χ4v) is 2.86. The lowest BCUT2D eigenvalue weighted by Crippen LogP contribution is -2.61. The molecule has 15 heavy (non-hydrogen) atoms. The number of aliphatic hydroxyl groups excluding tert-OH is 2. The predicted molar refractivity (Wildman–Crippen MR) is 58.4 cm³/mol. The Kier molecular flexibility index (Phi) is 3.61.